The predicted octanol–water partition coefficient (Wildman–Crippen LogP) is 6.74. The number of aryl methyl sites for hydroxylation is 2. The van der Waals surface area contributed by atoms with Crippen molar-refractivity contribution in [3.8, 4) is 10.4 Å². The zero-order valence-electron chi connectivity index (χ0n) is 17.2. The molecule has 0 saturated carbocycles. The van der Waals surface area contributed by atoms with Gasteiger partial charge in [-0.1, -0.05) is 18.2 Å². The Labute approximate surface area is 173 Å². The van der Waals surface area contributed by atoms with Crippen LogP contribution in [0.3, 0.4) is 0 Å². The standard InChI is InChI=1S/C24H23NO3S/c1-14-6-7-15(2)22-21(14)18-12-16(20-11-9-17(13-26)29-20)8-10-19(18)25(22)23(27)28-24(3,4)5/h6-13H,1-5H3. The van der Waals surface area contributed by atoms with Crippen molar-refractivity contribution in [1.29, 1.82) is 0 Å². The minimum absolute atomic E-state index is 0.377. The maximum atomic E-state index is 13.1. The maximum absolute atomic E-state index is 13.1. The molecule has 148 valence electrons. The summed E-state index contributed by atoms with van der Waals surface area (Å²) in [6.07, 6.45) is 0.493. The number of fused-ring (bicyclic) bond motifs is 3. The molecule has 2 aromatic heterocycles. The number of nitrogens with zero attached hydrogens (tertiary/aromatic N) is 1. The second kappa shape index (κ2) is 6.85. The lowest BCUT2D eigenvalue weighted by molar-refractivity contribution is 0.0551. The molecule has 0 aliphatic carbocycles. The van der Waals surface area contributed by atoms with Crippen molar-refractivity contribution in [3.63, 3.8) is 0 Å². The molecule has 0 aliphatic heterocycles. The summed E-state index contributed by atoms with van der Waals surface area (Å²) < 4.78 is 7.40. The molecule has 0 amide bonds. The molecule has 0 bridgehead atoms. The first kappa shape index (κ1) is 19.4. The topological polar surface area (TPSA) is 48.3 Å². The SMILES string of the molecule is Cc1ccc(C)c2c1c1cc(-c3ccc(C=O)s3)ccc1n2C(=O)OC(C)(C)C. The highest BCUT2D eigenvalue weighted by molar-refractivity contribution is 7.17. The smallest absolute Gasteiger partial charge is 0.419 e. The fourth-order valence-electron chi connectivity index (χ4n) is 3.70. The average molecular weight is 406 g/mol. The fraction of sp³-hybridized carbons (Fsp3) is 0.250. The molecular weight excluding hydrogens is 382 g/mol. The van der Waals surface area contributed by atoms with Crippen molar-refractivity contribution in [1.82, 2.24) is 4.57 Å². The number of ether oxygens (including phenoxy) is 1. The summed E-state index contributed by atoms with van der Waals surface area (Å²) in [6.45, 7) is 9.68. The van der Waals surface area contributed by atoms with Gasteiger partial charge in [0.1, 0.15) is 5.60 Å². The quantitative estimate of drug-likeness (QED) is 0.347. The van der Waals surface area contributed by atoms with E-state index in [9.17, 15) is 9.59 Å². The monoisotopic (exact) mass is 405 g/mol. The number of benzene rings is 2. The molecule has 4 nitrogen and oxygen atoms in total. The van der Waals surface area contributed by atoms with Gasteiger partial charge in [-0.25, -0.2) is 9.36 Å². The van der Waals surface area contributed by atoms with Gasteiger partial charge >= 0.3 is 6.09 Å². The summed E-state index contributed by atoms with van der Waals surface area (Å²) in [6, 6.07) is 14.0. The lowest BCUT2D eigenvalue weighted by atomic mass is 10.0. The molecule has 4 rings (SSSR count). The van der Waals surface area contributed by atoms with Gasteiger partial charge in [0.25, 0.3) is 0 Å². The number of carbonyl (C=O) groups is 2. The number of aldehydes is 1. The van der Waals surface area contributed by atoms with Crippen LogP contribution >= 0.6 is 11.3 Å². The Morgan fingerprint density at radius 3 is 2.41 bits per heavy atom. The van der Waals surface area contributed by atoms with Gasteiger partial charge in [-0.15, -0.1) is 11.3 Å². The Kier molecular flexibility index (Phi) is 4.58. The second-order valence-electron chi connectivity index (χ2n) is 8.29. The summed E-state index contributed by atoms with van der Waals surface area (Å²) in [4.78, 5) is 25.9. The highest BCUT2D eigenvalue weighted by Crippen LogP contribution is 2.37. The number of carbonyl (C=O) groups excluding carboxylic acids is 2. The zero-order chi connectivity index (χ0) is 20.9. The van der Waals surface area contributed by atoms with E-state index in [-0.39, 0.29) is 6.09 Å². The minimum Gasteiger partial charge on any atom is -0.443 e. The molecule has 29 heavy (non-hydrogen) atoms. The van der Waals surface area contributed by atoms with Crippen molar-refractivity contribution in [2.45, 2.75) is 40.2 Å². The van der Waals surface area contributed by atoms with Crippen LogP contribution in [0.1, 0.15) is 41.6 Å². The first-order valence-electron chi connectivity index (χ1n) is 9.53. The molecule has 0 N–H and O–H groups in total. The maximum Gasteiger partial charge on any atom is 0.419 e. The summed E-state index contributed by atoms with van der Waals surface area (Å²) in [7, 11) is 0. The van der Waals surface area contributed by atoms with Gasteiger partial charge in [0.15, 0.2) is 6.29 Å². The molecule has 2 aromatic carbocycles. The van der Waals surface area contributed by atoms with Gasteiger partial charge in [0.05, 0.1) is 15.9 Å². The van der Waals surface area contributed by atoms with Crippen LogP contribution in [0.5, 0.6) is 0 Å². The van der Waals surface area contributed by atoms with Crippen molar-refractivity contribution >= 4 is 45.5 Å². The van der Waals surface area contributed by atoms with Gasteiger partial charge in [-0.3, -0.25) is 4.79 Å². The average Bonchev–Trinajstić information content (AvgIpc) is 3.26. The third-order valence-corrected chi connectivity index (χ3v) is 5.98. The largest absolute Gasteiger partial charge is 0.443 e. The van der Waals surface area contributed by atoms with Crippen molar-refractivity contribution in [3.05, 3.63) is 58.5 Å². The third kappa shape index (κ3) is 3.36. The van der Waals surface area contributed by atoms with Crippen LogP contribution in [-0.2, 0) is 4.74 Å². The molecule has 0 saturated heterocycles. The van der Waals surface area contributed by atoms with E-state index in [0.29, 0.717) is 4.88 Å². The lowest BCUT2D eigenvalue weighted by Gasteiger charge is -2.20. The number of aromatic nitrogens is 1. The molecule has 0 unspecified atom stereocenters. The molecule has 0 aliphatic rings. The molecule has 5 heteroatoms. The predicted molar refractivity (Wildman–Crippen MR) is 119 cm³/mol. The minimum atomic E-state index is -0.583. The lowest BCUT2D eigenvalue weighted by Crippen LogP contribution is -2.27. The summed E-state index contributed by atoms with van der Waals surface area (Å²) in [5, 5.41) is 2.06. The molecular formula is C24H23NO3S. The van der Waals surface area contributed by atoms with Gasteiger partial charge in [-0.05, 0) is 75.6 Å². The van der Waals surface area contributed by atoms with E-state index in [0.717, 1.165) is 49.7 Å². The van der Waals surface area contributed by atoms with Crippen LogP contribution in [0.2, 0.25) is 0 Å². The van der Waals surface area contributed by atoms with Crippen LogP contribution in [0, 0.1) is 13.8 Å². The van der Waals surface area contributed by atoms with Gasteiger partial charge < -0.3 is 4.74 Å². The highest BCUT2D eigenvalue weighted by Gasteiger charge is 2.24. The van der Waals surface area contributed by atoms with Gasteiger partial charge in [-0.2, -0.15) is 0 Å². The summed E-state index contributed by atoms with van der Waals surface area (Å²) in [5.74, 6) is 0. The molecule has 2 heterocycles. The van der Waals surface area contributed by atoms with Crippen LogP contribution < -0.4 is 0 Å². The van der Waals surface area contributed by atoms with Crippen LogP contribution in [-0.4, -0.2) is 22.5 Å². The Hall–Kier alpha value is -2.92. The van der Waals surface area contributed by atoms with Crippen molar-refractivity contribution in [2.24, 2.45) is 0 Å². The molecule has 0 atom stereocenters. The number of hydrogen-bond donors (Lipinski definition) is 0. The normalized spacial score (nSPS) is 11.9. The van der Waals surface area contributed by atoms with Gasteiger partial charge in [0, 0.05) is 15.6 Å². The first-order chi connectivity index (χ1) is 13.7. The molecule has 0 spiro atoms. The van der Waals surface area contributed by atoms with E-state index >= 15 is 0 Å². The van der Waals surface area contributed by atoms with E-state index < -0.39 is 5.60 Å². The van der Waals surface area contributed by atoms with Crippen LogP contribution in [0.4, 0.5) is 4.79 Å². The fourth-order valence-corrected chi connectivity index (χ4v) is 4.52. The second-order valence-corrected chi connectivity index (χ2v) is 9.41. The highest BCUT2D eigenvalue weighted by atomic mass is 32.1. The Balaban J connectivity index is 2.03. The van der Waals surface area contributed by atoms with E-state index in [1.807, 2.05) is 58.0 Å². The van der Waals surface area contributed by atoms with E-state index in [4.69, 9.17) is 4.74 Å². The van der Waals surface area contributed by atoms with Crippen molar-refractivity contribution < 1.29 is 14.3 Å². The molecule has 0 radical (unpaired) electrons. The first-order valence-corrected chi connectivity index (χ1v) is 10.3. The van der Waals surface area contributed by atoms with E-state index in [2.05, 4.69) is 19.1 Å². The van der Waals surface area contributed by atoms with Crippen LogP contribution in [0.15, 0.2) is 42.5 Å². The summed E-state index contributed by atoms with van der Waals surface area (Å²) in [5.41, 5.74) is 4.27. The number of hydrogen-bond acceptors (Lipinski definition) is 4. The number of thiophene rings is 1. The summed E-state index contributed by atoms with van der Waals surface area (Å²) >= 11 is 1.46. The number of rotatable bonds is 2. The Morgan fingerprint density at radius 1 is 1.03 bits per heavy atom. The third-order valence-electron chi connectivity index (χ3n) is 4.92. The Bertz CT molecular complexity index is 1270. The van der Waals surface area contributed by atoms with E-state index in [1.165, 1.54) is 11.3 Å². The zero-order valence-corrected chi connectivity index (χ0v) is 18.0. The molecule has 4 aromatic rings. The van der Waals surface area contributed by atoms with Gasteiger partial charge in [0.2, 0.25) is 0 Å². The van der Waals surface area contributed by atoms with Crippen molar-refractivity contribution in [2.75, 3.05) is 0 Å². The molecule has 0 fully saturated rings. The van der Waals surface area contributed by atoms with Crippen LogP contribution in [0.25, 0.3) is 32.2 Å². The Morgan fingerprint density at radius 2 is 1.76 bits per heavy atom. The van der Waals surface area contributed by atoms with E-state index in [1.54, 1.807) is 4.57 Å².